The molecule has 0 saturated carbocycles. The van der Waals surface area contributed by atoms with Gasteiger partial charge >= 0.3 is 6.18 Å². The maximum Gasteiger partial charge on any atom is 0.416 e. The number of carbonyl (C=O) groups is 2. The second-order valence-electron chi connectivity index (χ2n) is 11.0. The van der Waals surface area contributed by atoms with E-state index >= 15 is 0 Å². The van der Waals surface area contributed by atoms with E-state index in [0.717, 1.165) is 12.1 Å². The van der Waals surface area contributed by atoms with E-state index in [1.807, 2.05) is 0 Å². The smallest absolute Gasteiger partial charge is 0.361 e. The monoisotopic (exact) mass is 687 g/mol. The number of nitrogens with one attached hydrogen (secondary N) is 5. The van der Waals surface area contributed by atoms with Gasteiger partial charge in [-0.1, -0.05) is 6.07 Å². The van der Waals surface area contributed by atoms with Gasteiger partial charge in [0.1, 0.15) is 0 Å². The van der Waals surface area contributed by atoms with E-state index < -0.39 is 27.7 Å². The summed E-state index contributed by atoms with van der Waals surface area (Å²) in [5.41, 5.74) is 3.29. The SMILES string of the molecule is CNS(=O)(=O)c1ccc(NC=C2C(=O)Nc3cc(Nc4cccc(NC(=O)c5cc(-n6cnc(C)c6)cc(C(F)(F)F)c5)c4)ccc32)cc1. The second kappa shape index (κ2) is 12.9. The van der Waals surface area contributed by atoms with E-state index in [1.54, 1.807) is 67.7 Å². The van der Waals surface area contributed by atoms with Crippen LogP contribution in [0.5, 0.6) is 0 Å². The third-order valence-electron chi connectivity index (χ3n) is 7.55. The Labute approximate surface area is 278 Å². The molecule has 5 N–H and O–H groups in total. The molecule has 15 heteroatoms. The number of benzene rings is 4. The summed E-state index contributed by atoms with van der Waals surface area (Å²) in [5.74, 6) is -1.06. The van der Waals surface area contributed by atoms with Crippen LogP contribution in [-0.4, -0.2) is 36.8 Å². The highest BCUT2D eigenvalue weighted by atomic mass is 32.2. The van der Waals surface area contributed by atoms with Gasteiger partial charge in [-0.3, -0.25) is 9.59 Å². The van der Waals surface area contributed by atoms with Crippen LogP contribution in [0.3, 0.4) is 0 Å². The Morgan fingerprint density at radius 1 is 0.918 bits per heavy atom. The number of nitrogens with zero attached hydrogens (tertiary/aromatic N) is 2. The van der Waals surface area contributed by atoms with Gasteiger partial charge in [0.25, 0.3) is 11.8 Å². The first-order chi connectivity index (χ1) is 23.3. The largest absolute Gasteiger partial charge is 0.416 e. The minimum Gasteiger partial charge on any atom is -0.361 e. The molecule has 0 unspecified atom stereocenters. The van der Waals surface area contributed by atoms with Gasteiger partial charge < -0.3 is 25.8 Å². The van der Waals surface area contributed by atoms with Crippen molar-refractivity contribution < 1.29 is 31.2 Å². The van der Waals surface area contributed by atoms with Crippen LogP contribution in [0.15, 0.2) is 109 Å². The first kappa shape index (κ1) is 33.0. The van der Waals surface area contributed by atoms with Gasteiger partial charge in [0.05, 0.1) is 33.7 Å². The molecular formula is C34H28F3N7O4S. The Hall–Kier alpha value is -5.93. The van der Waals surface area contributed by atoms with Gasteiger partial charge in [-0.25, -0.2) is 18.1 Å². The van der Waals surface area contributed by atoms with Gasteiger partial charge in [0.15, 0.2) is 0 Å². The summed E-state index contributed by atoms with van der Waals surface area (Å²) in [6.07, 6.45) is -0.193. The van der Waals surface area contributed by atoms with Crippen LogP contribution in [-0.2, 0) is 21.0 Å². The Morgan fingerprint density at radius 3 is 2.33 bits per heavy atom. The maximum atomic E-state index is 13.7. The number of hydrogen-bond donors (Lipinski definition) is 5. The zero-order valence-electron chi connectivity index (χ0n) is 25.9. The molecule has 1 aliphatic rings. The van der Waals surface area contributed by atoms with Crippen molar-refractivity contribution in [1.82, 2.24) is 14.3 Å². The molecule has 11 nitrogen and oxygen atoms in total. The Morgan fingerprint density at radius 2 is 1.63 bits per heavy atom. The number of rotatable bonds is 9. The molecule has 0 radical (unpaired) electrons. The summed E-state index contributed by atoms with van der Waals surface area (Å²) in [6.45, 7) is 1.71. The maximum absolute atomic E-state index is 13.7. The summed E-state index contributed by atoms with van der Waals surface area (Å²) >= 11 is 0. The molecule has 250 valence electrons. The first-order valence-corrected chi connectivity index (χ1v) is 16.2. The van der Waals surface area contributed by atoms with Crippen LogP contribution in [0, 0.1) is 6.92 Å². The predicted octanol–water partition coefficient (Wildman–Crippen LogP) is 6.51. The van der Waals surface area contributed by atoms with Crippen LogP contribution in [0.2, 0.25) is 0 Å². The highest BCUT2D eigenvalue weighted by Gasteiger charge is 2.32. The molecule has 49 heavy (non-hydrogen) atoms. The van der Waals surface area contributed by atoms with Crippen molar-refractivity contribution in [3.8, 4) is 5.69 Å². The number of imidazole rings is 1. The number of aryl methyl sites for hydroxylation is 1. The molecule has 1 aromatic heterocycles. The van der Waals surface area contributed by atoms with Crippen LogP contribution in [0.1, 0.15) is 27.2 Å². The standard InChI is InChI=1S/C34H28F3N7O4S/c1-20-18-44(19-40-20)27-13-21(12-22(14-27)34(35,36)37)32(45)42-25-5-3-4-24(15-25)41-26-8-11-29-30(33(46)43-31(29)16-26)17-39-23-6-9-28(10-7-23)49(47,48)38-2/h3-19,38-39,41H,1-2H3,(H,42,45)(H,43,46). The lowest BCUT2D eigenvalue weighted by Gasteiger charge is -2.14. The fourth-order valence-corrected chi connectivity index (χ4v) is 5.81. The zero-order chi connectivity index (χ0) is 34.9. The van der Waals surface area contributed by atoms with Crippen molar-refractivity contribution in [2.75, 3.05) is 28.3 Å². The van der Waals surface area contributed by atoms with Gasteiger partial charge in [-0.05, 0) is 92.8 Å². The number of halogens is 3. The zero-order valence-corrected chi connectivity index (χ0v) is 26.7. The lowest BCUT2D eigenvalue weighted by molar-refractivity contribution is -0.137. The minimum absolute atomic E-state index is 0.107. The fraction of sp³-hybridized carbons (Fsp3) is 0.0882. The van der Waals surface area contributed by atoms with E-state index in [1.165, 1.54) is 42.3 Å². The molecule has 0 saturated heterocycles. The van der Waals surface area contributed by atoms with Crippen LogP contribution >= 0.6 is 0 Å². The van der Waals surface area contributed by atoms with E-state index in [4.69, 9.17) is 0 Å². The molecule has 0 atom stereocenters. The van der Waals surface area contributed by atoms with Crippen molar-refractivity contribution in [2.45, 2.75) is 18.0 Å². The molecule has 2 amide bonds. The Kier molecular flexibility index (Phi) is 8.71. The number of carbonyl (C=O) groups excluding carboxylic acids is 2. The molecule has 4 aromatic carbocycles. The highest BCUT2D eigenvalue weighted by Crippen LogP contribution is 2.35. The van der Waals surface area contributed by atoms with Crippen LogP contribution in [0.25, 0.3) is 11.3 Å². The molecule has 6 rings (SSSR count). The topological polar surface area (TPSA) is 146 Å². The van der Waals surface area contributed by atoms with Gasteiger partial charge in [0, 0.05) is 52.0 Å². The number of fused-ring (bicyclic) bond motifs is 1. The number of amides is 2. The average Bonchev–Trinajstić information content (AvgIpc) is 3.65. The predicted molar refractivity (Wildman–Crippen MR) is 180 cm³/mol. The van der Waals surface area contributed by atoms with E-state index in [2.05, 4.69) is 31.0 Å². The average molecular weight is 688 g/mol. The Bertz CT molecular complexity index is 2230. The van der Waals surface area contributed by atoms with Gasteiger partial charge in [0.2, 0.25) is 10.0 Å². The van der Waals surface area contributed by atoms with Crippen molar-refractivity contribution >= 4 is 55.8 Å². The summed E-state index contributed by atoms with van der Waals surface area (Å²) < 4.78 is 68.7. The van der Waals surface area contributed by atoms with Gasteiger partial charge in [-0.15, -0.1) is 0 Å². The van der Waals surface area contributed by atoms with Crippen molar-refractivity contribution in [1.29, 1.82) is 0 Å². The number of aromatic nitrogens is 2. The third kappa shape index (κ3) is 7.32. The van der Waals surface area contributed by atoms with Crippen molar-refractivity contribution in [3.63, 3.8) is 0 Å². The van der Waals surface area contributed by atoms with Crippen molar-refractivity contribution in [3.05, 3.63) is 126 Å². The number of alkyl halides is 3. The molecule has 0 fully saturated rings. The van der Waals surface area contributed by atoms with Gasteiger partial charge in [-0.2, -0.15) is 13.2 Å². The summed E-state index contributed by atoms with van der Waals surface area (Å²) in [4.78, 5) is 30.1. The number of hydrogen-bond acceptors (Lipinski definition) is 7. The van der Waals surface area contributed by atoms with Crippen LogP contribution in [0.4, 0.5) is 41.6 Å². The van der Waals surface area contributed by atoms with E-state index in [9.17, 15) is 31.2 Å². The molecule has 5 aromatic rings. The summed E-state index contributed by atoms with van der Waals surface area (Å²) in [7, 11) is -2.25. The fourth-order valence-electron chi connectivity index (χ4n) is 5.08. The molecule has 0 spiro atoms. The molecular weight excluding hydrogens is 659 g/mol. The van der Waals surface area contributed by atoms with E-state index in [0.29, 0.717) is 45.3 Å². The second-order valence-corrected chi connectivity index (χ2v) is 12.9. The summed E-state index contributed by atoms with van der Waals surface area (Å²) in [5, 5.41) is 11.7. The molecule has 0 aliphatic carbocycles. The van der Waals surface area contributed by atoms with Crippen molar-refractivity contribution in [2.24, 2.45) is 0 Å². The lowest BCUT2D eigenvalue weighted by Crippen LogP contribution is -2.18. The lowest BCUT2D eigenvalue weighted by atomic mass is 10.1. The normalized spacial score (nSPS) is 13.6. The highest BCUT2D eigenvalue weighted by molar-refractivity contribution is 7.89. The molecule has 2 heterocycles. The third-order valence-corrected chi connectivity index (χ3v) is 8.98. The minimum atomic E-state index is -4.67. The first-order valence-electron chi connectivity index (χ1n) is 14.7. The molecule has 1 aliphatic heterocycles. The summed E-state index contributed by atoms with van der Waals surface area (Å²) in [6, 6.07) is 21.1. The van der Waals surface area contributed by atoms with E-state index in [-0.39, 0.29) is 22.1 Å². The Balaban J connectivity index is 1.16. The van der Waals surface area contributed by atoms with Crippen LogP contribution < -0.4 is 26.0 Å². The quantitative estimate of drug-likeness (QED) is 0.111. The number of sulfonamides is 1. The molecule has 0 bridgehead atoms. The number of anilines is 5.